The van der Waals surface area contributed by atoms with Crippen molar-refractivity contribution in [3.05, 3.63) is 94.7 Å². The van der Waals surface area contributed by atoms with Crippen LogP contribution in [0.2, 0.25) is 0 Å². The third-order valence-electron chi connectivity index (χ3n) is 6.03. The maximum absolute atomic E-state index is 13.0. The Hall–Kier alpha value is -4.91. The number of imide groups is 1. The number of benzene rings is 3. The molecule has 0 aromatic heterocycles. The summed E-state index contributed by atoms with van der Waals surface area (Å²) in [5, 5.41) is 2.16. The van der Waals surface area contributed by atoms with Gasteiger partial charge in [0.25, 0.3) is 11.1 Å². The van der Waals surface area contributed by atoms with Crippen molar-refractivity contribution in [2.45, 2.75) is 13.5 Å². The highest BCUT2D eigenvalue weighted by Crippen LogP contribution is 2.32. The van der Waals surface area contributed by atoms with Gasteiger partial charge in [0.05, 0.1) is 11.5 Å². The van der Waals surface area contributed by atoms with Gasteiger partial charge in [-0.15, -0.1) is 0 Å². The summed E-state index contributed by atoms with van der Waals surface area (Å²) in [6.07, 6.45) is 4.38. The Morgan fingerprint density at radius 2 is 1.60 bits per heavy atom. The molecule has 1 saturated heterocycles. The molecule has 0 atom stereocenters. The second-order valence-electron chi connectivity index (χ2n) is 9.20. The average molecular weight is 643 g/mol. The molecule has 9 nitrogen and oxygen atoms in total. The van der Waals surface area contributed by atoms with Gasteiger partial charge in [-0.1, -0.05) is 18.2 Å². The highest BCUT2D eigenvalue weighted by Gasteiger charge is 2.34. The summed E-state index contributed by atoms with van der Waals surface area (Å²) in [7, 11) is 0. The van der Waals surface area contributed by atoms with Crippen molar-refractivity contribution in [3.8, 4) is 23.0 Å². The van der Waals surface area contributed by atoms with Gasteiger partial charge in [-0.3, -0.25) is 19.3 Å². The van der Waals surface area contributed by atoms with E-state index in [-0.39, 0.29) is 42.8 Å². The van der Waals surface area contributed by atoms with Crippen molar-refractivity contribution in [2.75, 3.05) is 32.9 Å². The van der Waals surface area contributed by atoms with Crippen LogP contribution in [0.3, 0.4) is 0 Å². The first-order chi connectivity index (χ1) is 21.7. The molecule has 1 aliphatic heterocycles. The Labute approximate surface area is 261 Å². The molecule has 3 aromatic rings. The number of amides is 3. The molecule has 45 heavy (non-hydrogen) atoms. The van der Waals surface area contributed by atoms with Gasteiger partial charge in [-0.05, 0) is 90.5 Å². The van der Waals surface area contributed by atoms with Gasteiger partial charge in [0, 0.05) is 19.2 Å². The van der Waals surface area contributed by atoms with E-state index in [4.69, 9.17) is 14.2 Å². The van der Waals surface area contributed by atoms with Crippen LogP contribution >= 0.6 is 11.8 Å². The van der Waals surface area contributed by atoms with Gasteiger partial charge in [0.1, 0.15) is 30.5 Å². The van der Waals surface area contributed by atoms with Crippen LogP contribution in [0.15, 0.2) is 77.7 Å². The molecule has 0 saturated carbocycles. The zero-order valence-electron chi connectivity index (χ0n) is 24.0. The molecule has 0 bridgehead atoms. The number of ether oxygens (including phenoxy) is 4. The monoisotopic (exact) mass is 642 g/mol. The molecular formula is C32H29F3N2O7S. The number of carbonyl (C=O) groups excluding carboxylic acids is 3. The third-order valence-corrected chi connectivity index (χ3v) is 6.94. The van der Waals surface area contributed by atoms with Crippen molar-refractivity contribution >= 4 is 41.0 Å². The Balaban J connectivity index is 1.24. The molecule has 3 aromatic carbocycles. The molecule has 4 rings (SSSR count). The van der Waals surface area contributed by atoms with Crippen LogP contribution < -0.4 is 24.3 Å². The van der Waals surface area contributed by atoms with Crippen LogP contribution in [0.25, 0.3) is 12.2 Å². The van der Waals surface area contributed by atoms with Crippen LogP contribution in [-0.4, -0.2) is 61.5 Å². The molecule has 1 N–H and O–H groups in total. The minimum Gasteiger partial charge on any atom is -0.490 e. The molecule has 1 heterocycles. The van der Waals surface area contributed by atoms with E-state index in [9.17, 15) is 27.6 Å². The molecule has 0 aliphatic carbocycles. The van der Waals surface area contributed by atoms with Crippen LogP contribution in [0.5, 0.6) is 23.0 Å². The Kier molecular flexibility index (Phi) is 11.9. The van der Waals surface area contributed by atoms with Crippen LogP contribution in [-0.2, 0) is 9.59 Å². The highest BCUT2D eigenvalue weighted by atomic mass is 32.2. The van der Waals surface area contributed by atoms with Gasteiger partial charge < -0.3 is 24.3 Å². The van der Waals surface area contributed by atoms with Crippen molar-refractivity contribution in [2.24, 2.45) is 0 Å². The molecule has 236 valence electrons. The number of carbonyl (C=O) groups is 3. The molecule has 3 amide bonds. The Morgan fingerprint density at radius 1 is 0.911 bits per heavy atom. The molecule has 13 heteroatoms. The van der Waals surface area contributed by atoms with Gasteiger partial charge in [-0.2, -0.15) is 8.78 Å². The summed E-state index contributed by atoms with van der Waals surface area (Å²) >= 11 is 0.749. The lowest BCUT2D eigenvalue weighted by Gasteiger charge is -2.13. The summed E-state index contributed by atoms with van der Waals surface area (Å²) in [4.78, 5) is 38.7. The first kappa shape index (κ1) is 33.0. The zero-order chi connectivity index (χ0) is 32.2. The molecule has 0 radical (unpaired) electrons. The number of rotatable bonds is 15. The lowest BCUT2D eigenvalue weighted by atomic mass is 10.2. The Bertz CT molecular complexity index is 1550. The van der Waals surface area contributed by atoms with E-state index in [1.165, 1.54) is 60.7 Å². The van der Waals surface area contributed by atoms with Crippen molar-refractivity contribution < 1.29 is 46.5 Å². The minimum absolute atomic E-state index is 0.0253. The highest BCUT2D eigenvalue weighted by molar-refractivity contribution is 8.18. The van der Waals surface area contributed by atoms with E-state index in [0.29, 0.717) is 35.0 Å². The number of hydrogen-bond acceptors (Lipinski definition) is 8. The first-order valence-electron chi connectivity index (χ1n) is 13.8. The largest absolute Gasteiger partial charge is 0.490 e. The van der Waals surface area contributed by atoms with Crippen molar-refractivity contribution in [3.63, 3.8) is 0 Å². The number of thioether (sulfide) groups is 1. The van der Waals surface area contributed by atoms with Gasteiger partial charge in [0.15, 0.2) is 11.5 Å². The predicted octanol–water partition coefficient (Wildman–Crippen LogP) is 6.15. The number of nitrogens with zero attached hydrogens (tertiary/aromatic N) is 1. The number of hydrogen-bond donors (Lipinski definition) is 1. The molecule has 0 spiro atoms. The molecule has 0 unspecified atom stereocenters. The van der Waals surface area contributed by atoms with Gasteiger partial charge in [0.2, 0.25) is 5.91 Å². The van der Waals surface area contributed by atoms with E-state index in [2.05, 4.69) is 10.1 Å². The first-order valence-corrected chi connectivity index (χ1v) is 14.6. The average Bonchev–Trinajstić information content (AvgIpc) is 3.28. The lowest BCUT2D eigenvalue weighted by Crippen LogP contribution is -2.36. The number of alkyl halides is 2. The van der Waals surface area contributed by atoms with Crippen molar-refractivity contribution in [1.29, 1.82) is 0 Å². The quantitative estimate of drug-likeness (QED) is 0.156. The maximum Gasteiger partial charge on any atom is 0.387 e. The molecule has 1 aliphatic rings. The number of halogens is 3. The minimum atomic E-state index is -2.95. The van der Waals surface area contributed by atoms with Crippen LogP contribution in [0, 0.1) is 5.82 Å². The summed E-state index contributed by atoms with van der Waals surface area (Å²) in [6, 6.07) is 16.5. The standard InChI is InChI=1S/C32H29F3N2O7S/c1-2-41-27-19-21(5-13-26(27)43-18-17-42-24-11-7-23(33)8-12-24)6-14-29(38)36-15-16-37-30(39)28(45-32(37)40)20-22-3-9-25(10-4-22)44-31(34)35/h3-14,19-20,31H,2,15-18H2,1H3,(H,36,38)/b14-6+,28-20-. The van der Waals surface area contributed by atoms with E-state index in [1.807, 2.05) is 6.92 Å². The summed E-state index contributed by atoms with van der Waals surface area (Å²) in [5.41, 5.74) is 1.21. The summed E-state index contributed by atoms with van der Waals surface area (Å²) in [6.45, 7) is -0.271. The summed E-state index contributed by atoms with van der Waals surface area (Å²) < 4.78 is 59.0. The van der Waals surface area contributed by atoms with Crippen LogP contribution in [0.4, 0.5) is 18.0 Å². The normalized spacial score (nSPS) is 14.0. The van der Waals surface area contributed by atoms with Gasteiger partial charge >= 0.3 is 6.61 Å². The fourth-order valence-electron chi connectivity index (χ4n) is 3.97. The SMILES string of the molecule is CCOc1cc(/C=C/C(=O)NCCN2C(=O)S/C(=C\c3ccc(OC(F)F)cc3)C2=O)ccc1OCCOc1ccc(F)cc1. The van der Waals surface area contributed by atoms with E-state index >= 15 is 0 Å². The predicted molar refractivity (Wildman–Crippen MR) is 163 cm³/mol. The lowest BCUT2D eigenvalue weighted by molar-refractivity contribution is -0.123. The van der Waals surface area contributed by atoms with E-state index in [0.717, 1.165) is 16.7 Å². The zero-order valence-corrected chi connectivity index (χ0v) is 24.9. The van der Waals surface area contributed by atoms with Gasteiger partial charge in [-0.25, -0.2) is 4.39 Å². The third kappa shape index (κ3) is 10.1. The van der Waals surface area contributed by atoms with E-state index in [1.54, 1.807) is 24.3 Å². The second kappa shape index (κ2) is 16.2. The fraction of sp³-hybridized carbons (Fsp3) is 0.219. The topological polar surface area (TPSA) is 103 Å². The Morgan fingerprint density at radius 3 is 2.31 bits per heavy atom. The second-order valence-corrected chi connectivity index (χ2v) is 10.2. The van der Waals surface area contributed by atoms with Crippen molar-refractivity contribution in [1.82, 2.24) is 10.2 Å². The smallest absolute Gasteiger partial charge is 0.387 e. The van der Waals surface area contributed by atoms with E-state index < -0.39 is 23.7 Å². The maximum atomic E-state index is 13.0. The fourth-order valence-corrected chi connectivity index (χ4v) is 4.83. The number of nitrogens with one attached hydrogen (secondary N) is 1. The molecule has 1 fully saturated rings. The summed E-state index contributed by atoms with van der Waals surface area (Å²) in [5.74, 6) is 0.169. The van der Waals surface area contributed by atoms with Crippen LogP contribution in [0.1, 0.15) is 18.1 Å². The molecular weight excluding hydrogens is 613 g/mol.